The molecule has 4 heterocycles. The lowest BCUT2D eigenvalue weighted by molar-refractivity contribution is -0.318. The van der Waals surface area contributed by atoms with Crippen LogP contribution in [0.5, 0.6) is 0 Å². The number of hydrogen-bond donors (Lipinski definition) is 6. The largest absolute Gasteiger partial charge is 0.459 e. The van der Waals surface area contributed by atoms with Gasteiger partial charge in [-0.15, -0.1) is 5.10 Å². The molecule has 0 radical (unpaired) electrons. The zero-order valence-electron chi connectivity index (χ0n) is 47.3. The maximum absolute atomic E-state index is 14.6. The Morgan fingerprint density at radius 1 is 0.921 bits per heavy atom. The molecule has 6 rings (SSSR count). The molecule has 19 heteroatoms. The van der Waals surface area contributed by atoms with Gasteiger partial charge in [0, 0.05) is 63.8 Å². The standard InChI is InChI=1S/C57H91FN6O12/c1-14-46-57(10,70)50(66)37(6)63(12)31-33(2)27-55(8,69)52(35(4)49(36(5)53(68)74-46)75-47-28-56(9,71-13)51(67)38(7)73-47)76-54-48(65)45(25-34(3)72-54)62(11)24-23-43-32-64(61-60-43)44(29-58)26-39-15-19-41(20-16-39)42-21-17-40(30-59)18-22-42/h15-22,32-38,44-52,54,65-67,69-70H,14,23-31,59H2,1-13H3/t33-,34-,35+,36-,37-,38+,44+,45+,46-,47+,48-,49+,50-,51+,52-,54+,55-,56-,57-/m1/s1. The Kier molecular flexibility index (Phi) is 21.2. The van der Waals surface area contributed by atoms with Crippen LogP contribution in [0.15, 0.2) is 54.7 Å². The van der Waals surface area contributed by atoms with Crippen LogP contribution in [0.25, 0.3) is 11.1 Å². The zero-order valence-corrected chi connectivity index (χ0v) is 47.3. The van der Waals surface area contributed by atoms with Gasteiger partial charge in [-0.3, -0.25) is 4.79 Å². The van der Waals surface area contributed by atoms with Crippen molar-refractivity contribution >= 4 is 5.97 Å². The molecule has 19 atom stereocenters. The highest BCUT2D eigenvalue weighted by molar-refractivity contribution is 5.73. The summed E-state index contributed by atoms with van der Waals surface area (Å²) in [6.07, 6.45) is -6.69. The van der Waals surface area contributed by atoms with Crippen molar-refractivity contribution in [1.82, 2.24) is 24.8 Å². The van der Waals surface area contributed by atoms with Crippen LogP contribution in [0.1, 0.15) is 118 Å². The smallest absolute Gasteiger partial charge is 0.311 e. The summed E-state index contributed by atoms with van der Waals surface area (Å²) < 4.78 is 54.6. The molecule has 428 valence electrons. The number of benzene rings is 2. The van der Waals surface area contributed by atoms with Gasteiger partial charge in [0.2, 0.25) is 0 Å². The van der Waals surface area contributed by atoms with E-state index in [2.05, 4.69) is 10.3 Å². The van der Waals surface area contributed by atoms with Crippen LogP contribution >= 0.6 is 0 Å². The van der Waals surface area contributed by atoms with Gasteiger partial charge in [-0.05, 0) is 116 Å². The molecule has 0 bridgehead atoms. The molecule has 3 aliphatic heterocycles. The SMILES string of the molecule is CC[C@H]1OC(=O)[C@H](C)[C@@H](O[C@H]2C[C@@](C)(OC)[C@@H](O)[C@H](C)O2)[C@H](C)[C@@H](O[C@@H]2O[C@H](C)C[C@H](N(C)CCc3cn([C@H](CF)Cc4ccc(-c5ccc(CN)cc5)cc4)nn3)[C@H]2O)[C@](C)(O)C[C@@H](C)CN(C)[C@H](C)[C@@H](O)[C@]1(C)O. The lowest BCUT2D eigenvalue weighted by Crippen LogP contribution is -2.61. The molecule has 0 unspecified atom stereocenters. The number of methoxy groups -OCH3 is 1. The Morgan fingerprint density at radius 2 is 1.55 bits per heavy atom. The summed E-state index contributed by atoms with van der Waals surface area (Å²) in [4.78, 5) is 18.5. The fourth-order valence-corrected chi connectivity index (χ4v) is 11.9. The fourth-order valence-electron chi connectivity index (χ4n) is 11.9. The minimum atomic E-state index is -1.85. The van der Waals surface area contributed by atoms with Crippen molar-refractivity contribution in [2.45, 2.75) is 211 Å². The number of hydrogen-bond acceptors (Lipinski definition) is 17. The second-order valence-electron chi connectivity index (χ2n) is 23.2. The first-order valence-corrected chi connectivity index (χ1v) is 27.4. The van der Waals surface area contributed by atoms with Gasteiger partial charge in [-0.1, -0.05) is 74.5 Å². The lowest BCUT2D eigenvalue weighted by atomic mass is 9.77. The van der Waals surface area contributed by atoms with E-state index in [0.717, 1.165) is 22.3 Å². The lowest BCUT2D eigenvalue weighted by Gasteiger charge is -2.49. The number of alkyl halides is 1. The minimum Gasteiger partial charge on any atom is -0.459 e. The number of aromatic nitrogens is 3. The summed E-state index contributed by atoms with van der Waals surface area (Å²) in [6, 6.07) is 14.6. The number of aliphatic hydroxyl groups is 5. The number of carbonyl (C=O) groups excluding carboxylic acids is 1. The number of aliphatic hydroxyl groups excluding tert-OH is 3. The highest BCUT2D eigenvalue weighted by Gasteiger charge is 2.53. The van der Waals surface area contributed by atoms with Crippen LogP contribution < -0.4 is 5.73 Å². The van der Waals surface area contributed by atoms with E-state index in [4.69, 9.17) is 34.2 Å². The third kappa shape index (κ3) is 14.4. The summed E-state index contributed by atoms with van der Waals surface area (Å²) in [5, 5.41) is 68.6. The summed E-state index contributed by atoms with van der Waals surface area (Å²) in [5.41, 5.74) is 6.01. The number of halogens is 1. The summed E-state index contributed by atoms with van der Waals surface area (Å²) in [6.45, 7) is 18.2. The van der Waals surface area contributed by atoms with E-state index in [9.17, 15) is 34.7 Å². The molecule has 0 saturated carbocycles. The number of ether oxygens (including phenoxy) is 6. The van der Waals surface area contributed by atoms with Crippen molar-refractivity contribution < 1.29 is 63.1 Å². The Bertz CT molecular complexity index is 2280. The number of esters is 1. The third-order valence-corrected chi connectivity index (χ3v) is 16.9. The molecule has 1 aromatic heterocycles. The molecule has 7 N–H and O–H groups in total. The number of rotatable bonds is 16. The van der Waals surface area contributed by atoms with Crippen molar-refractivity contribution in [3.63, 3.8) is 0 Å². The zero-order chi connectivity index (χ0) is 56.0. The Labute approximate surface area is 450 Å². The number of nitrogens with zero attached hydrogens (tertiary/aromatic N) is 5. The van der Waals surface area contributed by atoms with Gasteiger partial charge in [-0.25, -0.2) is 9.07 Å². The third-order valence-electron chi connectivity index (χ3n) is 16.9. The molecule has 3 fully saturated rings. The average molecular weight is 1070 g/mol. The van der Waals surface area contributed by atoms with Gasteiger partial charge >= 0.3 is 5.97 Å². The molecule has 0 amide bonds. The molecule has 76 heavy (non-hydrogen) atoms. The van der Waals surface area contributed by atoms with Gasteiger partial charge in [0.1, 0.15) is 36.7 Å². The van der Waals surface area contributed by atoms with E-state index in [0.29, 0.717) is 44.6 Å². The molecule has 18 nitrogen and oxygen atoms in total. The molecule has 2 aromatic carbocycles. The highest BCUT2D eigenvalue weighted by Crippen LogP contribution is 2.40. The van der Waals surface area contributed by atoms with E-state index in [1.54, 1.807) is 59.3 Å². The van der Waals surface area contributed by atoms with Gasteiger partial charge < -0.3 is 69.5 Å². The number of cyclic esters (lactones) is 1. The van der Waals surface area contributed by atoms with Crippen molar-refractivity contribution in [2.24, 2.45) is 23.5 Å². The topological polar surface area (TPSA) is 237 Å². The fraction of sp³-hybridized carbons (Fsp3) is 0.737. The predicted molar refractivity (Wildman–Crippen MR) is 285 cm³/mol. The van der Waals surface area contributed by atoms with E-state index in [1.807, 2.05) is 86.3 Å². The van der Waals surface area contributed by atoms with Crippen LogP contribution in [-0.2, 0) is 52.6 Å². The van der Waals surface area contributed by atoms with Gasteiger partial charge in [0.25, 0.3) is 0 Å². The molecular formula is C57H91FN6O12. The first-order valence-electron chi connectivity index (χ1n) is 27.4. The van der Waals surface area contributed by atoms with Crippen molar-refractivity contribution in [3.05, 3.63) is 71.5 Å². The summed E-state index contributed by atoms with van der Waals surface area (Å²) >= 11 is 0. The summed E-state index contributed by atoms with van der Waals surface area (Å²) in [7, 11) is 5.23. The van der Waals surface area contributed by atoms with E-state index < -0.39 is 121 Å². The van der Waals surface area contributed by atoms with Crippen molar-refractivity contribution in [2.75, 3.05) is 41.0 Å². The second kappa shape index (κ2) is 26.2. The molecule has 3 saturated heterocycles. The van der Waals surface area contributed by atoms with E-state index in [-0.39, 0.29) is 25.2 Å². The highest BCUT2D eigenvalue weighted by atomic mass is 19.1. The molecule has 0 aliphatic carbocycles. The van der Waals surface area contributed by atoms with Gasteiger partial charge in [0.05, 0.1) is 53.3 Å². The number of nitrogens with two attached hydrogens (primary N) is 1. The molecular weight excluding hydrogens is 980 g/mol. The first-order chi connectivity index (χ1) is 35.8. The van der Waals surface area contributed by atoms with E-state index in [1.165, 1.54) is 14.0 Å². The Morgan fingerprint density at radius 3 is 2.14 bits per heavy atom. The monoisotopic (exact) mass is 1070 g/mol. The van der Waals surface area contributed by atoms with Gasteiger partial charge in [-0.2, -0.15) is 0 Å². The maximum atomic E-state index is 14.6. The summed E-state index contributed by atoms with van der Waals surface area (Å²) in [5.74, 6) is -2.85. The Balaban J connectivity index is 1.23. The van der Waals surface area contributed by atoms with E-state index >= 15 is 0 Å². The average Bonchev–Trinajstić information content (AvgIpc) is 3.87. The molecule has 3 aromatic rings. The van der Waals surface area contributed by atoms with Crippen molar-refractivity contribution in [3.8, 4) is 11.1 Å². The minimum absolute atomic E-state index is 0.0889. The predicted octanol–water partition coefficient (Wildman–Crippen LogP) is 4.98. The second-order valence-corrected chi connectivity index (χ2v) is 23.2. The van der Waals surface area contributed by atoms with Crippen molar-refractivity contribution in [1.29, 1.82) is 0 Å². The quantitative estimate of drug-likeness (QED) is 0.104. The maximum Gasteiger partial charge on any atom is 0.311 e. The molecule has 0 spiro atoms. The van der Waals surface area contributed by atoms with Gasteiger partial charge in [0.15, 0.2) is 12.6 Å². The Hall–Kier alpha value is -3.54. The van der Waals surface area contributed by atoms with Crippen LogP contribution in [0.2, 0.25) is 0 Å². The van der Waals surface area contributed by atoms with Crippen LogP contribution in [0.3, 0.4) is 0 Å². The number of carbonyl (C=O) groups is 1. The number of likely N-dealkylation sites (N-methyl/N-ethyl adjacent to an activating group) is 2. The van der Waals surface area contributed by atoms with Crippen LogP contribution in [0, 0.1) is 17.8 Å². The molecule has 3 aliphatic rings. The van der Waals surface area contributed by atoms with Crippen LogP contribution in [-0.4, -0.2) is 188 Å². The normalized spacial score (nSPS) is 38.1. The van der Waals surface area contributed by atoms with Crippen LogP contribution in [0.4, 0.5) is 4.39 Å². The first kappa shape index (κ1) is 61.7.